The number of carbonyl (C=O) groups is 2. The van der Waals surface area contributed by atoms with E-state index >= 15 is 0 Å². The number of nitrogens with zero attached hydrogens (tertiary/aromatic N) is 2. The van der Waals surface area contributed by atoms with Crippen molar-refractivity contribution in [1.29, 1.82) is 0 Å². The van der Waals surface area contributed by atoms with E-state index in [1.807, 2.05) is 6.92 Å². The number of sulfonamides is 1. The second-order valence-electron chi connectivity index (χ2n) is 8.78. The van der Waals surface area contributed by atoms with Crippen LogP contribution in [0.1, 0.15) is 32.3 Å². The van der Waals surface area contributed by atoms with Crippen molar-refractivity contribution in [1.82, 2.24) is 10.2 Å². The Kier molecular flexibility index (Phi) is 11.1. The Morgan fingerprint density at radius 3 is 2.10 bits per heavy atom. The van der Waals surface area contributed by atoms with Gasteiger partial charge in [-0.1, -0.05) is 85.0 Å². The van der Waals surface area contributed by atoms with Gasteiger partial charge in [-0.3, -0.25) is 13.9 Å². The van der Waals surface area contributed by atoms with Crippen LogP contribution < -0.4 is 9.62 Å². The highest BCUT2D eigenvalue weighted by atomic mass is 35.5. The van der Waals surface area contributed by atoms with Gasteiger partial charge in [0.05, 0.1) is 10.6 Å². The monoisotopic (exact) mass is 609 g/mol. The summed E-state index contributed by atoms with van der Waals surface area (Å²) in [5.74, 6) is -0.924. The van der Waals surface area contributed by atoms with Gasteiger partial charge in [0.15, 0.2) is 0 Å². The molecule has 0 aliphatic heterocycles. The zero-order chi connectivity index (χ0) is 28.6. The molecule has 208 valence electrons. The zero-order valence-corrected chi connectivity index (χ0v) is 24.7. The number of benzene rings is 3. The van der Waals surface area contributed by atoms with Gasteiger partial charge in [-0.15, -0.1) is 0 Å². The summed E-state index contributed by atoms with van der Waals surface area (Å²) in [5.41, 5.74) is 0.739. The van der Waals surface area contributed by atoms with Crippen LogP contribution in [0.25, 0.3) is 0 Å². The number of hydrogen-bond donors (Lipinski definition) is 1. The number of anilines is 1. The van der Waals surface area contributed by atoms with E-state index in [1.165, 1.54) is 35.2 Å². The molecule has 1 N–H and O–H groups in total. The molecule has 7 nitrogen and oxygen atoms in total. The second kappa shape index (κ2) is 14.0. The Balaban J connectivity index is 2.08. The molecule has 3 aromatic carbocycles. The predicted molar refractivity (Wildman–Crippen MR) is 157 cm³/mol. The van der Waals surface area contributed by atoms with Crippen molar-refractivity contribution >= 4 is 62.3 Å². The minimum Gasteiger partial charge on any atom is -0.354 e. The van der Waals surface area contributed by atoms with Crippen LogP contribution in [0, 0.1) is 0 Å². The van der Waals surface area contributed by atoms with Crippen LogP contribution in [0.4, 0.5) is 5.69 Å². The third-order valence-electron chi connectivity index (χ3n) is 5.98. The first kappa shape index (κ1) is 30.8. The van der Waals surface area contributed by atoms with E-state index in [-0.39, 0.29) is 33.1 Å². The highest BCUT2D eigenvalue weighted by Crippen LogP contribution is 2.30. The highest BCUT2D eigenvalue weighted by Gasteiger charge is 2.34. The summed E-state index contributed by atoms with van der Waals surface area (Å²) in [4.78, 5) is 28.5. The third kappa shape index (κ3) is 7.88. The first-order valence-electron chi connectivity index (χ1n) is 12.4. The van der Waals surface area contributed by atoms with Gasteiger partial charge in [0.1, 0.15) is 12.6 Å². The molecule has 0 saturated heterocycles. The minimum absolute atomic E-state index is 0.00604. The Morgan fingerprint density at radius 2 is 1.51 bits per heavy atom. The molecule has 1 atom stereocenters. The Bertz CT molecular complexity index is 1380. The van der Waals surface area contributed by atoms with Gasteiger partial charge in [0.2, 0.25) is 11.8 Å². The molecular weight excluding hydrogens is 581 g/mol. The SMILES string of the molecule is CCCNC(=O)[C@H](CC)N(Cc1ccccc1Cl)C(=O)CN(c1cc(Cl)cc(Cl)c1)S(=O)(=O)c1ccccc1. The molecular formula is C28H30Cl3N3O4S. The number of nitrogens with one attached hydrogen (secondary N) is 1. The van der Waals surface area contributed by atoms with Crippen molar-refractivity contribution in [2.45, 2.75) is 44.2 Å². The van der Waals surface area contributed by atoms with Gasteiger partial charge in [-0.2, -0.15) is 0 Å². The van der Waals surface area contributed by atoms with Gasteiger partial charge < -0.3 is 10.2 Å². The van der Waals surface area contributed by atoms with Gasteiger partial charge >= 0.3 is 0 Å². The van der Waals surface area contributed by atoms with Crippen LogP contribution in [0.15, 0.2) is 77.7 Å². The lowest BCUT2D eigenvalue weighted by Gasteiger charge is -2.33. The summed E-state index contributed by atoms with van der Waals surface area (Å²) in [6.45, 7) is 3.57. The summed E-state index contributed by atoms with van der Waals surface area (Å²) < 4.78 is 28.6. The molecule has 2 amide bonds. The average Bonchev–Trinajstić information content (AvgIpc) is 2.91. The lowest BCUT2D eigenvalue weighted by atomic mass is 10.1. The van der Waals surface area contributed by atoms with Crippen LogP contribution in [-0.4, -0.2) is 44.3 Å². The fraction of sp³-hybridized carbons (Fsp3) is 0.286. The molecule has 0 saturated carbocycles. The number of rotatable bonds is 12. The molecule has 3 aromatic rings. The van der Waals surface area contributed by atoms with Crippen molar-refractivity contribution in [2.24, 2.45) is 0 Å². The van der Waals surface area contributed by atoms with E-state index in [0.29, 0.717) is 23.6 Å². The number of amides is 2. The van der Waals surface area contributed by atoms with Crippen LogP contribution in [0.2, 0.25) is 15.1 Å². The molecule has 0 aliphatic carbocycles. The van der Waals surface area contributed by atoms with E-state index in [0.717, 1.165) is 10.7 Å². The molecule has 0 aliphatic rings. The number of carbonyl (C=O) groups excluding carboxylic acids is 2. The predicted octanol–water partition coefficient (Wildman–Crippen LogP) is 6.18. The maximum atomic E-state index is 14.0. The van der Waals surface area contributed by atoms with Crippen molar-refractivity contribution in [3.05, 3.63) is 93.4 Å². The lowest BCUT2D eigenvalue weighted by molar-refractivity contribution is -0.140. The van der Waals surface area contributed by atoms with E-state index in [2.05, 4.69) is 5.32 Å². The van der Waals surface area contributed by atoms with Crippen LogP contribution in [-0.2, 0) is 26.2 Å². The Morgan fingerprint density at radius 1 is 0.897 bits per heavy atom. The molecule has 0 bridgehead atoms. The lowest BCUT2D eigenvalue weighted by Crippen LogP contribution is -2.52. The van der Waals surface area contributed by atoms with Crippen LogP contribution in [0.3, 0.4) is 0 Å². The van der Waals surface area contributed by atoms with Crippen molar-refractivity contribution in [3.8, 4) is 0 Å². The molecule has 0 heterocycles. The summed E-state index contributed by atoms with van der Waals surface area (Å²) in [6.07, 6.45) is 1.03. The third-order valence-corrected chi connectivity index (χ3v) is 8.57. The van der Waals surface area contributed by atoms with E-state index in [1.54, 1.807) is 49.4 Å². The Hall–Kier alpha value is -2.78. The molecule has 0 spiro atoms. The normalized spacial score (nSPS) is 12.0. The molecule has 0 aromatic heterocycles. The minimum atomic E-state index is -4.22. The van der Waals surface area contributed by atoms with Gasteiger partial charge in [-0.25, -0.2) is 8.42 Å². The zero-order valence-electron chi connectivity index (χ0n) is 21.6. The standard InChI is InChI=1S/C28H30Cl3N3O4S/c1-3-14-32-28(36)26(4-2)33(18-20-10-8-9-13-25(20)31)27(35)19-34(23-16-21(29)15-22(30)17-23)39(37,38)24-11-6-5-7-12-24/h5-13,15-17,26H,3-4,14,18-19H2,1-2H3,(H,32,36)/t26-/m0/s1. The Labute approximate surface area is 244 Å². The average molecular weight is 611 g/mol. The van der Waals surface area contributed by atoms with Gasteiger partial charge in [0, 0.05) is 28.2 Å². The molecule has 11 heteroatoms. The fourth-order valence-corrected chi connectivity index (χ4v) is 6.16. The maximum absolute atomic E-state index is 14.0. The topological polar surface area (TPSA) is 86.8 Å². The smallest absolute Gasteiger partial charge is 0.264 e. The van der Waals surface area contributed by atoms with Crippen molar-refractivity contribution in [2.75, 3.05) is 17.4 Å². The van der Waals surface area contributed by atoms with Gasteiger partial charge in [-0.05, 0) is 54.8 Å². The van der Waals surface area contributed by atoms with Crippen molar-refractivity contribution < 1.29 is 18.0 Å². The largest absolute Gasteiger partial charge is 0.354 e. The second-order valence-corrected chi connectivity index (χ2v) is 11.9. The number of halogens is 3. The molecule has 3 rings (SSSR count). The quantitative estimate of drug-likeness (QED) is 0.266. The first-order chi connectivity index (χ1) is 18.6. The summed E-state index contributed by atoms with van der Waals surface area (Å²) in [7, 11) is -4.22. The maximum Gasteiger partial charge on any atom is 0.264 e. The van der Waals surface area contributed by atoms with Crippen molar-refractivity contribution in [3.63, 3.8) is 0 Å². The van der Waals surface area contributed by atoms with Crippen LogP contribution >= 0.6 is 34.8 Å². The van der Waals surface area contributed by atoms with E-state index in [4.69, 9.17) is 34.8 Å². The molecule has 0 radical (unpaired) electrons. The summed E-state index contributed by atoms with van der Waals surface area (Å²) in [5, 5.41) is 3.68. The molecule has 0 fully saturated rings. The molecule has 39 heavy (non-hydrogen) atoms. The summed E-state index contributed by atoms with van der Waals surface area (Å²) in [6, 6.07) is 18.2. The van der Waals surface area contributed by atoms with E-state index < -0.39 is 28.5 Å². The molecule has 0 unspecified atom stereocenters. The van der Waals surface area contributed by atoms with E-state index in [9.17, 15) is 18.0 Å². The summed E-state index contributed by atoms with van der Waals surface area (Å²) >= 11 is 18.8. The number of hydrogen-bond acceptors (Lipinski definition) is 4. The highest BCUT2D eigenvalue weighted by molar-refractivity contribution is 7.92. The fourth-order valence-electron chi connectivity index (χ4n) is 4.03. The van der Waals surface area contributed by atoms with Gasteiger partial charge in [0.25, 0.3) is 10.0 Å². The first-order valence-corrected chi connectivity index (χ1v) is 15.0. The van der Waals surface area contributed by atoms with Crippen LogP contribution in [0.5, 0.6) is 0 Å².